The molecule has 0 aliphatic rings. The normalized spacial score (nSPS) is 11.5. The third kappa shape index (κ3) is 4.01. The van der Waals surface area contributed by atoms with E-state index in [1.54, 1.807) is 30.3 Å². The van der Waals surface area contributed by atoms with Crippen molar-refractivity contribution in [3.8, 4) is 23.5 Å². The number of benzene rings is 3. The maximum Gasteiger partial charge on any atom is 0.416 e. The highest BCUT2D eigenvalue weighted by molar-refractivity contribution is 6.03. The molecular weight excluding hydrogens is 363 g/mol. The van der Waals surface area contributed by atoms with Crippen molar-refractivity contribution in [1.29, 1.82) is 0 Å². The number of alkyl halides is 3. The average molecular weight is 381 g/mol. The molecule has 0 spiro atoms. The minimum Gasteiger partial charge on any atom is -0.350 e. The molecule has 0 unspecified atom stereocenters. The summed E-state index contributed by atoms with van der Waals surface area (Å²) in [6, 6.07) is 13.7. The summed E-state index contributed by atoms with van der Waals surface area (Å²) in [6.45, 7) is 3.75. The summed E-state index contributed by atoms with van der Waals surface area (Å²) in [6.07, 6.45) is 1.17. The fourth-order valence-electron chi connectivity index (χ4n) is 3.02. The van der Waals surface area contributed by atoms with E-state index >= 15 is 0 Å². The first-order chi connectivity index (χ1) is 13.2. The van der Waals surface area contributed by atoms with Crippen molar-refractivity contribution in [1.82, 2.24) is 5.32 Å². The van der Waals surface area contributed by atoms with Crippen molar-refractivity contribution in [3.63, 3.8) is 0 Å². The van der Waals surface area contributed by atoms with Gasteiger partial charge in [0.25, 0.3) is 5.91 Å². The molecule has 3 rings (SSSR count). The molecular formula is C23H18F3NO. The van der Waals surface area contributed by atoms with Gasteiger partial charge in [0.1, 0.15) is 0 Å². The minimum atomic E-state index is -4.39. The molecule has 0 fully saturated rings. The number of carbonyl (C=O) groups excluding carboxylic acids is 1. The number of hydrogen-bond donors (Lipinski definition) is 1. The van der Waals surface area contributed by atoms with Crippen LogP contribution in [0.25, 0.3) is 21.9 Å². The molecule has 0 heterocycles. The molecule has 142 valence electrons. The van der Waals surface area contributed by atoms with Gasteiger partial charge in [0.2, 0.25) is 0 Å². The molecule has 0 aliphatic heterocycles. The molecule has 1 N–H and O–H groups in total. The Labute approximate surface area is 161 Å². The molecule has 0 aliphatic carbocycles. The molecule has 2 nitrogen and oxygen atoms in total. The van der Waals surface area contributed by atoms with Gasteiger partial charge >= 0.3 is 6.18 Å². The summed E-state index contributed by atoms with van der Waals surface area (Å²) in [4.78, 5) is 12.3. The minimum absolute atomic E-state index is 0.00273. The first-order valence-electron chi connectivity index (χ1n) is 8.72. The van der Waals surface area contributed by atoms with Gasteiger partial charge < -0.3 is 5.32 Å². The maximum atomic E-state index is 12.8. The van der Waals surface area contributed by atoms with Crippen LogP contribution in [0.4, 0.5) is 13.2 Å². The van der Waals surface area contributed by atoms with Crippen LogP contribution in [0.1, 0.15) is 35.3 Å². The van der Waals surface area contributed by atoms with Crippen LogP contribution >= 0.6 is 0 Å². The molecule has 0 saturated heterocycles. The number of terminal acetylenes is 1. The van der Waals surface area contributed by atoms with E-state index in [0.717, 1.165) is 28.5 Å². The van der Waals surface area contributed by atoms with Crippen LogP contribution in [-0.2, 0) is 6.18 Å². The number of halogens is 3. The predicted molar refractivity (Wildman–Crippen MR) is 105 cm³/mol. The molecule has 3 aromatic rings. The second-order valence-corrected chi connectivity index (χ2v) is 6.81. The summed E-state index contributed by atoms with van der Waals surface area (Å²) in [7, 11) is 0. The summed E-state index contributed by atoms with van der Waals surface area (Å²) < 4.78 is 38.5. The van der Waals surface area contributed by atoms with E-state index < -0.39 is 11.7 Å². The van der Waals surface area contributed by atoms with Gasteiger partial charge in [-0.2, -0.15) is 13.2 Å². The molecule has 0 bridgehead atoms. The van der Waals surface area contributed by atoms with Crippen LogP contribution in [-0.4, -0.2) is 11.9 Å². The molecule has 3 aromatic carbocycles. The summed E-state index contributed by atoms with van der Waals surface area (Å²) in [5.41, 5.74) is 1.71. The number of nitrogens with one attached hydrogen (secondary N) is 1. The van der Waals surface area contributed by atoms with Crippen molar-refractivity contribution in [3.05, 3.63) is 71.3 Å². The van der Waals surface area contributed by atoms with E-state index in [9.17, 15) is 18.0 Å². The molecule has 0 saturated carbocycles. The Morgan fingerprint density at radius 3 is 2.29 bits per heavy atom. The van der Waals surface area contributed by atoms with E-state index in [1.807, 2.05) is 13.8 Å². The topological polar surface area (TPSA) is 29.1 Å². The van der Waals surface area contributed by atoms with Crippen molar-refractivity contribution in [2.24, 2.45) is 0 Å². The van der Waals surface area contributed by atoms with E-state index in [1.165, 1.54) is 12.1 Å². The van der Waals surface area contributed by atoms with E-state index in [0.29, 0.717) is 16.7 Å². The van der Waals surface area contributed by atoms with Crippen LogP contribution in [0.2, 0.25) is 0 Å². The first-order valence-corrected chi connectivity index (χ1v) is 8.72. The quantitative estimate of drug-likeness (QED) is 0.584. The smallest absolute Gasteiger partial charge is 0.350 e. The lowest BCUT2D eigenvalue weighted by Crippen LogP contribution is -2.29. The lowest BCUT2D eigenvalue weighted by atomic mass is 9.94. The zero-order chi connectivity index (χ0) is 20.5. The van der Waals surface area contributed by atoms with Gasteiger partial charge in [-0.1, -0.05) is 24.1 Å². The first kappa shape index (κ1) is 19.5. The summed E-state index contributed by atoms with van der Waals surface area (Å²) in [5.74, 6) is 2.37. The number of rotatable bonds is 3. The van der Waals surface area contributed by atoms with Crippen molar-refractivity contribution in [2.75, 3.05) is 0 Å². The predicted octanol–water partition coefficient (Wildman–Crippen LogP) is 5.65. The monoisotopic (exact) mass is 381 g/mol. The molecule has 0 atom stereocenters. The van der Waals surface area contributed by atoms with Gasteiger partial charge in [-0.15, -0.1) is 6.42 Å². The maximum absolute atomic E-state index is 12.8. The van der Waals surface area contributed by atoms with Crippen molar-refractivity contribution < 1.29 is 18.0 Å². The van der Waals surface area contributed by atoms with Crippen LogP contribution in [0.15, 0.2) is 54.6 Å². The van der Waals surface area contributed by atoms with Gasteiger partial charge in [0, 0.05) is 17.2 Å². The molecule has 1 amide bonds. The van der Waals surface area contributed by atoms with E-state index in [4.69, 9.17) is 6.42 Å². The number of fused-ring (bicyclic) bond motifs is 1. The van der Waals surface area contributed by atoms with Crippen LogP contribution in [0.5, 0.6) is 0 Å². The average Bonchev–Trinajstić information content (AvgIpc) is 2.65. The fourth-order valence-corrected chi connectivity index (χ4v) is 3.02. The number of hydrogen-bond acceptors (Lipinski definition) is 1. The highest BCUT2D eigenvalue weighted by atomic mass is 19.4. The molecule has 0 radical (unpaired) electrons. The number of amides is 1. The second-order valence-electron chi connectivity index (χ2n) is 6.81. The zero-order valence-electron chi connectivity index (χ0n) is 15.4. The highest BCUT2D eigenvalue weighted by Gasteiger charge is 2.30. The Balaban J connectivity index is 2.12. The summed E-state index contributed by atoms with van der Waals surface area (Å²) in [5, 5.41) is 4.39. The van der Waals surface area contributed by atoms with Gasteiger partial charge in [-0.05, 0) is 72.1 Å². The Morgan fingerprint density at radius 2 is 1.71 bits per heavy atom. The second kappa shape index (κ2) is 7.40. The third-order valence-corrected chi connectivity index (χ3v) is 4.32. The standard InChI is InChI=1S/C23H18F3NO/c1-4-15-11-18-13-17(22(28)27-14(2)3)7-10-20(18)21(12-15)16-5-8-19(9-6-16)23(24,25)26/h1,5-14H,2-3H3,(H,27,28). The van der Waals surface area contributed by atoms with E-state index in [2.05, 4.69) is 11.2 Å². The van der Waals surface area contributed by atoms with Gasteiger partial charge in [0.05, 0.1) is 5.56 Å². The molecule has 28 heavy (non-hydrogen) atoms. The summed E-state index contributed by atoms with van der Waals surface area (Å²) >= 11 is 0. The highest BCUT2D eigenvalue weighted by Crippen LogP contribution is 2.34. The van der Waals surface area contributed by atoms with Crippen molar-refractivity contribution >= 4 is 16.7 Å². The Morgan fingerprint density at radius 1 is 1.04 bits per heavy atom. The SMILES string of the molecule is C#Cc1cc(-c2ccc(C(F)(F)F)cc2)c2ccc(C(=O)NC(C)C)cc2c1. The Kier molecular flexibility index (Phi) is 5.15. The largest absolute Gasteiger partial charge is 0.416 e. The zero-order valence-corrected chi connectivity index (χ0v) is 15.4. The Hall–Kier alpha value is -3.26. The van der Waals surface area contributed by atoms with Crippen LogP contribution in [0, 0.1) is 12.3 Å². The van der Waals surface area contributed by atoms with Gasteiger partial charge in [-0.3, -0.25) is 4.79 Å². The fraction of sp³-hybridized carbons (Fsp3) is 0.174. The van der Waals surface area contributed by atoms with Crippen LogP contribution < -0.4 is 5.32 Å². The van der Waals surface area contributed by atoms with Crippen LogP contribution in [0.3, 0.4) is 0 Å². The molecule has 0 aromatic heterocycles. The Bertz CT molecular complexity index is 1070. The third-order valence-electron chi connectivity index (χ3n) is 4.32. The molecule has 5 heteroatoms. The van der Waals surface area contributed by atoms with Crippen molar-refractivity contribution in [2.45, 2.75) is 26.1 Å². The van der Waals surface area contributed by atoms with Gasteiger partial charge in [-0.25, -0.2) is 0 Å². The lowest BCUT2D eigenvalue weighted by molar-refractivity contribution is -0.137. The number of carbonyl (C=O) groups is 1. The van der Waals surface area contributed by atoms with E-state index in [-0.39, 0.29) is 11.9 Å². The lowest BCUT2D eigenvalue weighted by Gasteiger charge is -2.13. The van der Waals surface area contributed by atoms with Gasteiger partial charge in [0.15, 0.2) is 0 Å².